The third kappa shape index (κ3) is 4.00. The van der Waals surface area contributed by atoms with Gasteiger partial charge in [-0.3, -0.25) is 4.79 Å². The summed E-state index contributed by atoms with van der Waals surface area (Å²) in [6.07, 6.45) is -0.0250. The van der Waals surface area contributed by atoms with E-state index in [2.05, 4.69) is 5.32 Å². The molecule has 1 aromatic carbocycles. The first-order valence-electron chi connectivity index (χ1n) is 5.15. The van der Waals surface area contributed by atoms with E-state index < -0.39 is 6.29 Å². The average molecular weight is 223 g/mol. The first kappa shape index (κ1) is 12.7. The molecule has 0 saturated carbocycles. The molecule has 1 rings (SSSR count). The summed E-state index contributed by atoms with van der Waals surface area (Å²) in [4.78, 5) is 11.4. The highest BCUT2D eigenvalue weighted by atomic mass is 16.7. The number of ether oxygens (including phenoxy) is 2. The van der Waals surface area contributed by atoms with Crippen molar-refractivity contribution in [3.05, 3.63) is 35.9 Å². The maximum absolute atomic E-state index is 11.4. The molecule has 1 amide bonds. The second kappa shape index (κ2) is 6.98. The topological polar surface area (TPSA) is 47.6 Å². The lowest BCUT2D eigenvalue weighted by Crippen LogP contribution is -2.37. The van der Waals surface area contributed by atoms with E-state index in [1.807, 2.05) is 30.3 Å². The third-order valence-corrected chi connectivity index (χ3v) is 2.20. The van der Waals surface area contributed by atoms with Gasteiger partial charge in [0.25, 0.3) is 5.91 Å². The normalized spacial score (nSPS) is 10.4. The van der Waals surface area contributed by atoms with Crippen molar-refractivity contribution in [3.63, 3.8) is 0 Å². The SMILES string of the molecule is COC(OC)C(=O)NCCc1ccccc1. The lowest BCUT2D eigenvalue weighted by molar-refractivity contribution is -0.158. The molecule has 88 valence electrons. The average Bonchev–Trinajstić information content (AvgIpc) is 2.32. The van der Waals surface area contributed by atoms with E-state index in [0.717, 1.165) is 6.42 Å². The van der Waals surface area contributed by atoms with Crippen molar-refractivity contribution in [2.75, 3.05) is 20.8 Å². The molecular formula is C12H17NO3. The van der Waals surface area contributed by atoms with Gasteiger partial charge in [0, 0.05) is 20.8 Å². The highest BCUT2D eigenvalue weighted by Crippen LogP contribution is 1.98. The molecule has 0 aliphatic heterocycles. The summed E-state index contributed by atoms with van der Waals surface area (Å²) in [5.74, 6) is -0.249. The monoisotopic (exact) mass is 223 g/mol. The zero-order chi connectivity index (χ0) is 11.8. The molecule has 0 aliphatic carbocycles. The number of amides is 1. The number of carbonyl (C=O) groups is 1. The smallest absolute Gasteiger partial charge is 0.277 e. The number of carbonyl (C=O) groups excluding carboxylic acids is 1. The number of benzene rings is 1. The molecule has 0 unspecified atom stereocenters. The van der Waals surface area contributed by atoms with Crippen molar-refractivity contribution in [3.8, 4) is 0 Å². The van der Waals surface area contributed by atoms with Crippen LogP contribution in [0.4, 0.5) is 0 Å². The third-order valence-electron chi connectivity index (χ3n) is 2.20. The summed E-state index contributed by atoms with van der Waals surface area (Å²) < 4.78 is 9.66. The van der Waals surface area contributed by atoms with E-state index in [1.165, 1.54) is 19.8 Å². The standard InChI is InChI=1S/C12H17NO3/c1-15-12(16-2)11(14)13-9-8-10-6-4-3-5-7-10/h3-7,12H,8-9H2,1-2H3,(H,13,14). The van der Waals surface area contributed by atoms with Crippen LogP contribution in [0.5, 0.6) is 0 Å². The van der Waals surface area contributed by atoms with E-state index in [-0.39, 0.29) is 5.91 Å². The summed E-state index contributed by atoms with van der Waals surface area (Å²) in [6, 6.07) is 9.97. The molecule has 0 radical (unpaired) electrons. The van der Waals surface area contributed by atoms with E-state index >= 15 is 0 Å². The minimum absolute atomic E-state index is 0.249. The van der Waals surface area contributed by atoms with E-state index in [0.29, 0.717) is 6.54 Å². The Morgan fingerprint density at radius 1 is 1.25 bits per heavy atom. The van der Waals surface area contributed by atoms with Crippen LogP contribution >= 0.6 is 0 Å². The van der Waals surface area contributed by atoms with Crippen LogP contribution in [0.2, 0.25) is 0 Å². The minimum atomic E-state index is -0.823. The van der Waals surface area contributed by atoms with E-state index in [1.54, 1.807) is 0 Å². The Hall–Kier alpha value is -1.39. The molecule has 0 saturated heterocycles. The van der Waals surface area contributed by atoms with Crippen molar-refractivity contribution < 1.29 is 14.3 Å². The summed E-state index contributed by atoms with van der Waals surface area (Å²) >= 11 is 0. The van der Waals surface area contributed by atoms with Crippen molar-refractivity contribution >= 4 is 5.91 Å². The maximum atomic E-state index is 11.4. The van der Waals surface area contributed by atoms with Crippen molar-refractivity contribution in [2.24, 2.45) is 0 Å². The van der Waals surface area contributed by atoms with Gasteiger partial charge < -0.3 is 14.8 Å². The predicted molar refractivity (Wildman–Crippen MR) is 61.0 cm³/mol. The molecule has 4 heteroatoms. The van der Waals surface area contributed by atoms with Crippen molar-refractivity contribution in [1.82, 2.24) is 5.32 Å². The molecule has 0 bridgehead atoms. The maximum Gasteiger partial charge on any atom is 0.277 e. The van der Waals surface area contributed by atoms with Crippen LogP contribution in [0, 0.1) is 0 Å². The second-order valence-corrected chi connectivity index (χ2v) is 3.33. The fourth-order valence-corrected chi connectivity index (χ4v) is 1.37. The predicted octanol–water partition coefficient (Wildman–Crippen LogP) is 0.964. The summed E-state index contributed by atoms with van der Waals surface area (Å²) in [6.45, 7) is 0.575. The number of hydrogen-bond donors (Lipinski definition) is 1. The Kier molecular flexibility index (Phi) is 5.53. The Morgan fingerprint density at radius 3 is 2.44 bits per heavy atom. The quantitative estimate of drug-likeness (QED) is 0.731. The Balaban J connectivity index is 2.28. The van der Waals surface area contributed by atoms with Crippen molar-refractivity contribution in [2.45, 2.75) is 12.7 Å². The van der Waals surface area contributed by atoms with E-state index in [9.17, 15) is 4.79 Å². The number of rotatable bonds is 6. The van der Waals surface area contributed by atoms with Crippen LogP contribution in [0.1, 0.15) is 5.56 Å². The van der Waals surface area contributed by atoms with Gasteiger partial charge in [-0.1, -0.05) is 30.3 Å². The zero-order valence-corrected chi connectivity index (χ0v) is 9.60. The molecule has 0 fully saturated rings. The Morgan fingerprint density at radius 2 is 1.88 bits per heavy atom. The van der Waals surface area contributed by atoms with Gasteiger partial charge in [-0.05, 0) is 12.0 Å². The largest absolute Gasteiger partial charge is 0.351 e. The molecule has 0 aromatic heterocycles. The van der Waals surface area contributed by atoms with Gasteiger partial charge in [0.15, 0.2) is 0 Å². The highest BCUT2D eigenvalue weighted by molar-refractivity contribution is 5.79. The molecule has 0 spiro atoms. The lowest BCUT2D eigenvalue weighted by atomic mass is 10.1. The summed E-state index contributed by atoms with van der Waals surface area (Å²) in [5.41, 5.74) is 1.19. The van der Waals surface area contributed by atoms with Crippen LogP contribution in [0.25, 0.3) is 0 Å². The van der Waals surface area contributed by atoms with E-state index in [4.69, 9.17) is 9.47 Å². The van der Waals surface area contributed by atoms with Gasteiger partial charge in [-0.15, -0.1) is 0 Å². The molecule has 0 aliphatic rings. The minimum Gasteiger partial charge on any atom is -0.351 e. The molecule has 1 aromatic rings. The van der Waals surface area contributed by atoms with Crippen LogP contribution in [0.15, 0.2) is 30.3 Å². The van der Waals surface area contributed by atoms with Gasteiger partial charge in [0.2, 0.25) is 6.29 Å². The fraction of sp³-hybridized carbons (Fsp3) is 0.417. The van der Waals surface area contributed by atoms with Gasteiger partial charge in [-0.25, -0.2) is 0 Å². The Bertz CT molecular complexity index is 309. The van der Waals surface area contributed by atoms with Crippen LogP contribution < -0.4 is 5.32 Å². The molecule has 1 N–H and O–H groups in total. The van der Waals surface area contributed by atoms with Gasteiger partial charge >= 0.3 is 0 Å². The highest BCUT2D eigenvalue weighted by Gasteiger charge is 2.15. The molecule has 0 heterocycles. The number of hydrogen-bond acceptors (Lipinski definition) is 3. The van der Waals surface area contributed by atoms with Crippen molar-refractivity contribution in [1.29, 1.82) is 0 Å². The molecule has 0 atom stereocenters. The van der Waals surface area contributed by atoms with Crippen LogP contribution in [0.3, 0.4) is 0 Å². The number of methoxy groups -OCH3 is 2. The fourth-order valence-electron chi connectivity index (χ4n) is 1.37. The molecule has 16 heavy (non-hydrogen) atoms. The number of nitrogens with one attached hydrogen (secondary N) is 1. The van der Waals surface area contributed by atoms with Gasteiger partial charge in [0.1, 0.15) is 0 Å². The van der Waals surface area contributed by atoms with Crippen LogP contribution in [-0.2, 0) is 20.7 Å². The van der Waals surface area contributed by atoms with Gasteiger partial charge in [-0.2, -0.15) is 0 Å². The second-order valence-electron chi connectivity index (χ2n) is 3.33. The first-order chi connectivity index (χ1) is 7.77. The first-order valence-corrected chi connectivity index (χ1v) is 5.15. The summed E-state index contributed by atoms with van der Waals surface area (Å²) in [7, 11) is 2.87. The Labute approximate surface area is 95.6 Å². The summed E-state index contributed by atoms with van der Waals surface area (Å²) in [5, 5.41) is 2.74. The lowest BCUT2D eigenvalue weighted by Gasteiger charge is -2.13. The molecule has 4 nitrogen and oxygen atoms in total. The van der Waals surface area contributed by atoms with Crippen LogP contribution in [-0.4, -0.2) is 33.0 Å². The molecular weight excluding hydrogens is 206 g/mol. The van der Waals surface area contributed by atoms with Gasteiger partial charge in [0.05, 0.1) is 0 Å². The zero-order valence-electron chi connectivity index (χ0n) is 9.60.